The first-order valence-corrected chi connectivity index (χ1v) is 11.9. The topological polar surface area (TPSA) is 36.4 Å². The molecule has 0 radical (unpaired) electrons. The number of aromatic nitrogens is 1. The molecule has 0 spiro atoms. The minimum absolute atomic E-state index is 0.435. The Labute approximate surface area is 185 Å². The van der Waals surface area contributed by atoms with Gasteiger partial charge in [0.1, 0.15) is 0 Å². The Kier molecular flexibility index (Phi) is 7.01. The fourth-order valence-corrected chi connectivity index (χ4v) is 6.05. The van der Waals surface area contributed by atoms with Crippen molar-refractivity contribution < 1.29 is 9.18 Å². The standard InChI is InChI=1S/C24H28FN3O.C2H6/c25-24-10-9-19(14-26-24)28(16-29)22-8-4-3-7-20(22)21-11-12-27-15-18-6-2-1-5-17(18)13-23(21)27;1-2/h3-4,7-10,14,16-18,21,23H,1-2,5-6,11-13,15H2;1-2H3. The predicted molar refractivity (Wildman–Crippen MR) is 123 cm³/mol. The summed E-state index contributed by atoms with van der Waals surface area (Å²) in [6.45, 7) is 6.39. The van der Waals surface area contributed by atoms with Crippen LogP contribution in [0.15, 0.2) is 42.6 Å². The van der Waals surface area contributed by atoms with E-state index in [0.29, 0.717) is 17.6 Å². The number of rotatable bonds is 4. The third kappa shape index (κ3) is 4.38. The largest absolute Gasteiger partial charge is 0.299 e. The lowest BCUT2D eigenvalue weighted by atomic mass is 9.71. The Morgan fingerprint density at radius 3 is 2.58 bits per heavy atom. The molecule has 1 saturated carbocycles. The van der Waals surface area contributed by atoms with Gasteiger partial charge >= 0.3 is 0 Å². The number of carbonyl (C=O) groups excluding carboxylic acids is 1. The first-order chi connectivity index (χ1) is 15.2. The van der Waals surface area contributed by atoms with Crippen molar-refractivity contribution in [3.63, 3.8) is 0 Å². The first-order valence-electron chi connectivity index (χ1n) is 11.9. The zero-order chi connectivity index (χ0) is 21.8. The summed E-state index contributed by atoms with van der Waals surface area (Å²) in [6.07, 6.45) is 10.2. The number of halogens is 1. The van der Waals surface area contributed by atoms with E-state index >= 15 is 0 Å². The molecular weight excluding hydrogens is 389 g/mol. The minimum Gasteiger partial charge on any atom is -0.299 e. The van der Waals surface area contributed by atoms with Crippen LogP contribution in [0.3, 0.4) is 0 Å². The summed E-state index contributed by atoms with van der Waals surface area (Å²) in [4.78, 5) is 20.1. The minimum atomic E-state index is -0.538. The second-order valence-corrected chi connectivity index (χ2v) is 8.87. The second-order valence-electron chi connectivity index (χ2n) is 8.87. The maximum Gasteiger partial charge on any atom is 0.218 e. The zero-order valence-corrected chi connectivity index (χ0v) is 18.7. The van der Waals surface area contributed by atoms with E-state index in [1.165, 1.54) is 56.5 Å². The number of hydrogen-bond donors (Lipinski definition) is 0. The van der Waals surface area contributed by atoms with Gasteiger partial charge in [-0.05, 0) is 61.4 Å². The van der Waals surface area contributed by atoms with E-state index < -0.39 is 5.95 Å². The number of fused-ring (bicyclic) bond motifs is 2. The van der Waals surface area contributed by atoms with Crippen LogP contribution >= 0.6 is 0 Å². The Morgan fingerprint density at radius 2 is 1.84 bits per heavy atom. The average molecular weight is 424 g/mol. The van der Waals surface area contributed by atoms with Crippen LogP contribution in [0.4, 0.5) is 15.8 Å². The number of amides is 1. The smallest absolute Gasteiger partial charge is 0.218 e. The maximum absolute atomic E-state index is 13.3. The van der Waals surface area contributed by atoms with Crippen LogP contribution < -0.4 is 4.90 Å². The van der Waals surface area contributed by atoms with Crippen molar-refractivity contribution in [3.8, 4) is 0 Å². The van der Waals surface area contributed by atoms with Crippen molar-refractivity contribution in [2.75, 3.05) is 18.0 Å². The van der Waals surface area contributed by atoms with Crippen molar-refractivity contribution in [1.29, 1.82) is 0 Å². The third-order valence-electron chi connectivity index (χ3n) is 7.43. The second kappa shape index (κ2) is 9.90. The molecule has 1 aliphatic carbocycles. The van der Waals surface area contributed by atoms with Gasteiger partial charge in [0.25, 0.3) is 0 Å². The maximum atomic E-state index is 13.3. The van der Waals surface area contributed by atoms with Crippen molar-refractivity contribution in [2.45, 2.75) is 64.3 Å². The molecule has 0 bridgehead atoms. The van der Waals surface area contributed by atoms with Gasteiger partial charge in [-0.2, -0.15) is 4.39 Å². The van der Waals surface area contributed by atoms with Gasteiger partial charge in [-0.1, -0.05) is 51.3 Å². The van der Waals surface area contributed by atoms with Crippen LogP contribution in [0.25, 0.3) is 0 Å². The van der Waals surface area contributed by atoms with Crippen molar-refractivity contribution >= 4 is 17.8 Å². The number of hydrogen-bond acceptors (Lipinski definition) is 3. The molecule has 1 amide bonds. The predicted octanol–water partition coefficient (Wildman–Crippen LogP) is 5.91. The molecule has 3 fully saturated rings. The highest BCUT2D eigenvalue weighted by molar-refractivity contribution is 5.87. The molecule has 4 unspecified atom stereocenters. The van der Waals surface area contributed by atoms with Gasteiger partial charge in [0.15, 0.2) is 0 Å². The van der Waals surface area contributed by atoms with Crippen molar-refractivity contribution in [1.82, 2.24) is 9.88 Å². The molecule has 3 aliphatic rings. The molecule has 2 aliphatic heterocycles. The van der Waals surface area contributed by atoms with Gasteiger partial charge in [0.05, 0.1) is 17.6 Å². The van der Waals surface area contributed by atoms with Crippen LogP contribution in [0.2, 0.25) is 0 Å². The van der Waals surface area contributed by atoms with Gasteiger partial charge in [-0.3, -0.25) is 14.6 Å². The number of para-hydroxylation sites is 1. The van der Waals surface area contributed by atoms with Crippen LogP contribution in [0.5, 0.6) is 0 Å². The molecule has 3 heterocycles. The SMILES string of the molecule is CC.O=CN(c1ccc(F)nc1)c1ccccc1C1CCN2CC3CCCCC3CC12. The molecular formula is C26H34FN3O. The molecule has 5 heteroatoms. The Balaban J connectivity index is 0.00000112. The van der Waals surface area contributed by atoms with E-state index in [-0.39, 0.29) is 0 Å². The van der Waals surface area contributed by atoms with Crippen molar-refractivity contribution in [2.24, 2.45) is 11.8 Å². The Bertz CT molecular complexity index is 871. The molecule has 1 aromatic heterocycles. The van der Waals surface area contributed by atoms with E-state index in [4.69, 9.17) is 0 Å². The van der Waals surface area contributed by atoms with Crippen LogP contribution in [-0.4, -0.2) is 35.4 Å². The number of pyridine rings is 1. The van der Waals surface area contributed by atoms with Crippen LogP contribution in [-0.2, 0) is 4.79 Å². The summed E-state index contributed by atoms with van der Waals surface area (Å²) in [5, 5.41) is 0. The summed E-state index contributed by atoms with van der Waals surface area (Å²) >= 11 is 0. The molecule has 5 rings (SSSR count). The van der Waals surface area contributed by atoms with Gasteiger partial charge in [-0.15, -0.1) is 0 Å². The number of piperidine rings is 1. The van der Waals surface area contributed by atoms with Gasteiger partial charge < -0.3 is 0 Å². The highest BCUT2D eigenvalue weighted by Gasteiger charge is 2.44. The molecule has 4 atom stereocenters. The Hall–Kier alpha value is -2.27. The molecule has 4 nitrogen and oxygen atoms in total. The van der Waals surface area contributed by atoms with Gasteiger partial charge in [-0.25, -0.2) is 4.98 Å². The number of carbonyl (C=O) groups is 1. The third-order valence-corrected chi connectivity index (χ3v) is 7.43. The lowest BCUT2D eigenvalue weighted by Crippen LogP contribution is -2.46. The number of nitrogens with zero attached hydrogens (tertiary/aromatic N) is 3. The fraction of sp³-hybridized carbons (Fsp3) is 0.538. The van der Waals surface area contributed by atoms with Crippen LogP contribution in [0.1, 0.15) is 63.9 Å². The first kappa shape index (κ1) is 21.9. The molecule has 166 valence electrons. The summed E-state index contributed by atoms with van der Waals surface area (Å²) in [7, 11) is 0. The summed E-state index contributed by atoms with van der Waals surface area (Å²) in [5.74, 6) is 1.64. The van der Waals surface area contributed by atoms with E-state index in [9.17, 15) is 9.18 Å². The normalized spacial score (nSPS) is 27.5. The molecule has 0 N–H and O–H groups in total. The Morgan fingerprint density at radius 1 is 1.06 bits per heavy atom. The quantitative estimate of drug-likeness (QED) is 0.453. The fourth-order valence-electron chi connectivity index (χ4n) is 6.05. The van der Waals surface area contributed by atoms with Crippen molar-refractivity contribution in [3.05, 3.63) is 54.1 Å². The lowest BCUT2D eigenvalue weighted by molar-refractivity contribution is -0.106. The summed E-state index contributed by atoms with van der Waals surface area (Å²) in [6, 6.07) is 11.7. The average Bonchev–Trinajstić information content (AvgIpc) is 3.23. The molecule has 31 heavy (non-hydrogen) atoms. The van der Waals surface area contributed by atoms with E-state index in [1.807, 2.05) is 26.0 Å². The van der Waals surface area contributed by atoms with Crippen LogP contribution in [0, 0.1) is 17.8 Å². The van der Waals surface area contributed by atoms with Gasteiger partial charge in [0, 0.05) is 18.5 Å². The van der Waals surface area contributed by atoms with E-state index in [2.05, 4.69) is 22.0 Å². The highest BCUT2D eigenvalue weighted by Crippen LogP contribution is 2.48. The summed E-state index contributed by atoms with van der Waals surface area (Å²) in [5.41, 5.74) is 2.72. The molecule has 2 saturated heterocycles. The van der Waals surface area contributed by atoms with E-state index in [1.54, 1.807) is 11.0 Å². The number of benzene rings is 1. The monoisotopic (exact) mass is 423 g/mol. The summed E-state index contributed by atoms with van der Waals surface area (Å²) < 4.78 is 13.3. The van der Waals surface area contributed by atoms with Gasteiger partial charge in [0.2, 0.25) is 12.4 Å². The molecule has 1 aromatic carbocycles. The highest BCUT2D eigenvalue weighted by atomic mass is 19.1. The molecule has 2 aromatic rings. The number of anilines is 2. The van der Waals surface area contributed by atoms with E-state index in [0.717, 1.165) is 36.9 Å². The lowest BCUT2D eigenvalue weighted by Gasteiger charge is -2.45. The zero-order valence-electron chi connectivity index (χ0n) is 18.7.